The maximum atomic E-state index is 4.31. The van der Waals surface area contributed by atoms with Crippen LogP contribution in [-0.4, -0.2) is 38.9 Å². The quantitative estimate of drug-likeness (QED) is 0.818. The summed E-state index contributed by atoms with van der Waals surface area (Å²) in [5.41, 5.74) is 0.766. The van der Waals surface area contributed by atoms with Crippen LogP contribution in [0.15, 0.2) is 18.5 Å². The molecule has 2 aromatic heterocycles. The number of rotatable bonds is 2. The lowest BCUT2D eigenvalue weighted by molar-refractivity contribution is 0.470. The maximum absolute atomic E-state index is 4.31. The van der Waals surface area contributed by atoms with Crippen LogP contribution in [0.3, 0.4) is 0 Å². The minimum absolute atomic E-state index is 0. The van der Waals surface area contributed by atoms with Crippen molar-refractivity contribution in [1.82, 2.24) is 25.1 Å². The summed E-state index contributed by atoms with van der Waals surface area (Å²) in [6.07, 6.45) is 1.60. The Morgan fingerprint density at radius 2 is 2.12 bits per heavy atom. The predicted molar refractivity (Wildman–Crippen MR) is 65.6 cm³/mol. The highest BCUT2D eigenvalue weighted by Crippen LogP contribution is 2.07. The Bertz CT molecular complexity index is 454. The standard InChI is InChI=1S/C8H10N6.2ClH/c1-2-8-12-10-5-14(8)13-7(1)11-6-3-9-4-6;;/h1-2,5-6,9H,3-4H2,(H,11,13);2*1H. The molecule has 0 aromatic carbocycles. The maximum Gasteiger partial charge on any atom is 0.177 e. The fourth-order valence-corrected chi connectivity index (χ4v) is 1.41. The molecule has 0 saturated carbocycles. The Kier molecular flexibility index (Phi) is 4.28. The van der Waals surface area contributed by atoms with Crippen LogP contribution in [0.2, 0.25) is 0 Å². The zero-order valence-electron chi connectivity index (χ0n) is 8.33. The van der Waals surface area contributed by atoms with E-state index in [2.05, 4.69) is 25.9 Å². The summed E-state index contributed by atoms with van der Waals surface area (Å²) in [7, 11) is 0. The van der Waals surface area contributed by atoms with Gasteiger partial charge in [0.25, 0.3) is 0 Å². The molecule has 2 aromatic rings. The molecule has 0 amide bonds. The van der Waals surface area contributed by atoms with E-state index in [1.54, 1.807) is 10.8 Å². The van der Waals surface area contributed by atoms with Crippen LogP contribution in [-0.2, 0) is 0 Å². The monoisotopic (exact) mass is 262 g/mol. The van der Waals surface area contributed by atoms with Gasteiger partial charge < -0.3 is 10.6 Å². The molecule has 1 aliphatic heterocycles. The molecule has 1 aliphatic rings. The number of fused-ring (bicyclic) bond motifs is 1. The molecule has 0 unspecified atom stereocenters. The SMILES string of the molecule is Cl.Cl.c1cc2nncn2nc1NC1CNC1. The Morgan fingerprint density at radius 3 is 2.81 bits per heavy atom. The number of halogens is 2. The van der Waals surface area contributed by atoms with E-state index in [-0.39, 0.29) is 24.8 Å². The fourth-order valence-electron chi connectivity index (χ4n) is 1.41. The second-order valence-electron chi connectivity index (χ2n) is 3.35. The number of hydrogen-bond donors (Lipinski definition) is 2. The van der Waals surface area contributed by atoms with Crippen LogP contribution in [0.5, 0.6) is 0 Å². The van der Waals surface area contributed by atoms with Crippen molar-refractivity contribution < 1.29 is 0 Å². The van der Waals surface area contributed by atoms with Crippen molar-refractivity contribution >= 4 is 36.3 Å². The van der Waals surface area contributed by atoms with Gasteiger partial charge in [0.15, 0.2) is 5.65 Å². The molecule has 1 saturated heterocycles. The minimum Gasteiger partial charge on any atom is -0.363 e. The number of nitrogens with one attached hydrogen (secondary N) is 2. The molecule has 2 N–H and O–H groups in total. The molecule has 3 rings (SSSR count). The van der Waals surface area contributed by atoms with Crippen LogP contribution in [0.4, 0.5) is 5.82 Å². The number of aromatic nitrogens is 4. The van der Waals surface area contributed by atoms with Gasteiger partial charge in [0.1, 0.15) is 12.1 Å². The highest BCUT2D eigenvalue weighted by Gasteiger charge is 2.16. The average Bonchev–Trinajstić information content (AvgIpc) is 2.58. The third-order valence-electron chi connectivity index (χ3n) is 2.30. The van der Waals surface area contributed by atoms with Gasteiger partial charge >= 0.3 is 0 Å². The Balaban J connectivity index is 0.000000640. The van der Waals surface area contributed by atoms with Crippen molar-refractivity contribution in [3.8, 4) is 0 Å². The van der Waals surface area contributed by atoms with Gasteiger partial charge in [-0.05, 0) is 12.1 Å². The Morgan fingerprint density at radius 1 is 1.31 bits per heavy atom. The highest BCUT2D eigenvalue weighted by atomic mass is 35.5. The van der Waals surface area contributed by atoms with Crippen molar-refractivity contribution in [2.24, 2.45) is 0 Å². The molecule has 16 heavy (non-hydrogen) atoms. The van der Waals surface area contributed by atoms with Gasteiger partial charge in [0, 0.05) is 13.1 Å². The zero-order valence-corrected chi connectivity index (χ0v) is 9.96. The molecule has 0 atom stereocenters. The van der Waals surface area contributed by atoms with Crippen molar-refractivity contribution in [1.29, 1.82) is 0 Å². The molecule has 0 radical (unpaired) electrons. The van der Waals surface area contributed by atoms with Gasteiger partial charge in [0.05, 0.1) is 6.04 Å². The van der Waals surface area contributed by atoms with E-state index in [4.69, 9.17) is 0 Å². The van der Waals surface area contributed by atoms with Gasteiger partial charge in [-0.25, -0.2) is 0 Å². The van der Waals surface area contributed by atoms with Gasteiger partial charge in [-0.2, -0.15) is 4.52 Å². The summed E-state index contributed by atoms with van der Waals surface area (Å²) < 4.78 is 1.66. The summed E-state index contributed by atoms with van der Waals surface area (Å²) >= 11 is 0. The molecule has 8 heteroatoms. The third-order valence-corrected chi connectivity index (χ3v) is 2.30. The lowest BCUT2D eigenvalue weighted by Crippen LogP contribution is -2.51. The molecule has 0 bridgehead atoms. The van der Waals surface area contributed by atoms with Gasteiger partial charge in [-0.15, -0.1) is 40.1 Å². The first-order valence-electron chi connectivity index (χ1n) is 4.56. The van der Waals surface area contributed by atoms with Gasteiger partial charge in [0.2, 0.25) is 0 Å². The average molecular weight is 263 g/mol. The molecular weight excluding hydrogens is 251 g/mol. The van der Waals surface area contributed by atoms with E-state index in [1.165, 1.54) is 0 Å². The third kappa shape index (κ3) is 2.34. The van der Waals surface area contributed by atoms with Crippen LogP contribution in [0.25, 0.3) is 5.65 Å². The summed E-state index contributed by atoms with van der Waals surface area (Å²) in [5, 5.41) is 18.5. The van der Waals surface area contributed by atoms with E-state index in [0.717, 1.165) is 24.6 Å². The molecule has 88 valence electrons. The normalized spacial score (nSPS) is 14.8. The summed E-state index contributed by atoms with van der Waals surface area (Å²) in [6, 6.07) is 4.31. The van der Waals surface area contributed by atoms with E-state index < -0.39 is 0 Å². The largest absolute Gasteiger partial charge is 0.363 e. The van der Waals surface area contributed by atoms with Crippen LogP contribution >= 0.6 is 24.8 Å². The van der Waals surface area contributed by atoms with E-state index >= 15 is 0 Å². The first-order valence-corrected chi connectivity index (χ1v) is 4.56. The first-order chi connectivity index (χ1) is 6.92. The molecule has 3 heterocycles. The zero-order chi connectivity index (χ0) is 9.38. The number of hydrogen-bond acceptors (Lipinski definition) is 5. The predicted octanol–water partition coefficient (Wildman–Crippen LogP) is 0.352. The van der Waals surface area contributed by atoms with Gasteiger partial charge in [-0.1, -0.05) is 0 Å². The summed E-state index contributed by atoms with van der Waals surface area (Å²) in [5.74, 6) is 0.865. The molecule has 0 spiro atoms. The van der Waals surface area contributed by atoms with Crippen LogP contribution < -0.4 is 10.6 Å². The Hall–Kier alpha value is -1.11. The molecular formula is C8H12Cl2N6. The van der Waals surface area contributed by atoms with Crippen molar-refractivity contribution in [2.75, 3.05) is 18.4 Å². The van der Waals surface area contributed by atoms with Crippen LogP contribution in [0, 0.1) is 0 Å². The fraction of sp³-hybridized carbons (Fsp3) is 0.375. The van der Waals surface area contributed by atoms with E-state index in [1.807, 2.05) is 12.1 Å². The second kappa shape index (κ2) is 5.29. The van der Waals surface area contributed by atoms with E-state index in [0.29, 0.717) is 6.04 Å². The highest BCUT2D eigenvalue weighted by molar-refractivity contribution is 5.85. The topological polar surface area (TPSA) is 67.1 Å². The lowest BCUT2D eigenvalue weighted by Gasteiger charge is -2.28. The molecule has 6 nitrogen and oxygen atoms in total. The van der Waals surface area contributed by atoms with Crippen LogP contribution in [0.1, 0.15) is 0 Å². The molecule has 0 aliphatic carbocycles. The second-order valence-corrected chi connectivity index (χ2v) is 3.35. The van der Waals surface area contributed by atoms with Crippen molar-refractivity contribution in [3.63, 3.8) is 0 Å². The van der Waals surface area contributed by atoms with E-state index in [9.17, 15) is 0 Å². The molecule has 1 fully saturated rings. The number of anilines is 1. The summed E-state index contributed by atoms with van der Waals surface area (Å²) in [6.45, 7) is 2.00. The number of nitrogens with zero attached hydrogens (tertiary/aromatic N) is 4. The minimum atomic E-state index is 0. The van der Waals surface area contributed by atoms with Gasteiger partial charge in [-0.3, -0.25) is 0 Å². The van der Waals surface area contributed by atoms with Crippen molar-refractivity contribution in [2.45, 2.75) is 6.04 Å². The first kappa shape index (κ1) is 13.0. The smallest absolute Gasteiger partial charge is 0.177 e. The Labute approximate surface area is 105 Å². The summed E-state index contributed by atoms with van der Waals surface area (Å²) in [4.78, 5) is 0. The lowest BCUT2D eigenvalue weighted by atomic mass is 10.2. The van der Waals surface area contributed by atoms with Crippen molar-refractivity contribution in [3.05, 3.63) is 18.5 Å².